The molecule has 0 aliphatic rings. The highest BCUT2D eigenvalue weighted by Gasteiger charge is 2.19. The molecule has 0 unspecified atom stereocenters. The van der Waals surface area contributed by atoms with Crippen molar-refractivity contribution in [2.45, 2.75) is 41.2 Å². The van der Waals surface area contributed by atoms with Crippen molar-refractivity contribution >= 4 is 34.4 Å². The molecule has 6 heteroatoms. The summed E-state index contributed by atoms with van der Waals surface area (Å²) in [6.45, 7) is 10.9. The lowest BCUT2D eigenvalue weighted by molar-refractivity contribution is 0.534. The summed E-state index contributed by atoms with van der Waals surface area (Å²) < 4.78 is 2.07. The lowest BCUT2D eigenvalue weighted by atomic mass is 10.2. The van der Waals surface area contributed by atoms with Crippen molar-refractivity contribution in [2.24, 2.45) is 5.92 Å². The highest BCUT2D eigenvalue weighted by molar-refractivity contribution is 6.34. The number of imidazole rings is 1. The zero-order valence-electron chi connectivity index (χ0n) is 14.6. The lowest BCUT2D eigenvalue weighted by Gasteiger charge is -2.12. The monoisotopic (exact) mass is 364 g/mol. The van der Waals surface area contributed by atoms with Crippen LogP contribution < -0.4 is 0 Å². The van der Waals surface area contributed by atoms with Crippen molar-refractivity contribution in [3.8, 4) is 11.4 Å². The van der Waals surface area contributed by atoms with Gasteiger partial charge in [0, 0.05) is 12.1 Å². The predicted octanol–water partition coefficient (Wildman–Crippen LogP) is 5.79. The molecule has 0 bridgehead atoms. The van der Waals surface area contributed by atoms with E-state index >= 15 is 0 Å². The summed E-state index contributed by atoms with van der Waals surface area (Å²) in [6, 6.07) is 7.65. The SMILES string of the molecule is CC.Cc1nc(Cl)c2nc(-c3ccccc3Cl)n(CC(C)C)c2n1. The Morgan fingerprint density at radius 3 is 2.33 bits per heavy atom. The summed E-state index contributed by atoms with van der Waals surface area (Å²) in [6.07, 6.45) is 0. The maximum Gasteiger partial charge on any atom is 0.165 e. The van der Waals surface area contributed by atoms with E-state index in [2.05, 4.69) is 33.4 Å². The van der Waals surface area contributed by atoms with Crippen molar-refractivity contribution < 1.29 is 0 Å². The van der Waals surface area contributed by atoms with Crippen LogP contribution in [0, 0.1) is 12.8 Å². The van der Waals surface area contributed by atoms with Crippen LogP contribution in [0.4, 0.5) is 0 Å². The van der Waals surface area contributed by atoms with Gasteiger partial charge in [0.15, 0.2) is 10.8 Å². The molecule has 0 saturated heterocycles. The molecule has 4 nitrogen and oxygen atoms in total. The summed E-state index contributed by atoms with van der Waals surface area (Å²) in [5, 5.41) is 1.03. The number of hydrogen-bond acceptors (Lipinski definition) is 3. The quantitative estimate of drug-likeness (QED) is 0.552. The minimum atomic E-state index is 0.373. The van der Waals surface area contributed by atoms with Crippen LogP contribution in [0.3, 0.4) is 0 Å². The number of rotatable bonds is 3. The smallest absolute Gasteiger partial charge is 0.165 e. The molecule has 24 heavy (non-hydrogen) atoms. The fourth-order valence-corrected chi connectivity index (χ4v) is 2.92. The second kappa shape index (κ2) is 7.95. The average Bonchev–Trinajstić information content (AvgIpc) is 2.88. The third-order valence-corrected chi connectivity index (χ3v) is 3.92. The van der Waals surface area contributed by atoms with Crippen LogP contribution in [0.25, 0.3) is 22.6 Å². The molecule has 0 spiro atoms. The minimum absolute atomic E-state index is 0.373. The first kappa shape index (κ1) is 18.7. The molecule has 1 aromatic carbocycles. The molecular weight excluding hydrogens is 343 g/mol. The van der Waals surface area contributed by atoms with E-state index in [4.69, 9.17) is 23.2 Å². The summed E-state index contributed by atoms with van der Waals surface area (Å²) >= 11 is 12.6. The Labute approximate surface area is 152 Å². The second-order valence-electron chi connectivity index (χ2n) is 5.65. The van der Waals surface area contributed by atoms with E-state index in [0.29, 0.717) is 27.4 Å². The van der Waals surface area contributed by atoms with Crippen LogP contribution in [0.2, 0.25) is 10.2 Å². The third-order valence-electron chi connectivity index (χ3n) is 3.33. The maximum atomic E-state index is 6.34. The summed E-state index contributed by atoms with van der Waals surface area (Å²) in [5.74, 6) is 1.84. The highest BCUT2D eigenvalue weighted by Crippen LogP contribution is 2.32. The van der Waals surface area contributed by atoms with Gasteiger partial charge < -0.3 is 4.57 Å². The van der Waals surface area contributed by atoms with Gasteiger partial charge in [-0.15, -0.1) is 0 Å². The van der Waals surface area contributed by atoms with Crippen molar-refractivity contribution in [3.05, 3.63) is 40.3 Å². The van der Waals surface area contributed by atoms with Gasteiger partial charge in [0.25, 0.3) is 0 Å². The van der Waals surface area contributed by atoms with Gasteiger partial charge in [-0.05, 0) is 25.0 Å². The van der Waals surface area contributed by atoms with Crippen molar-refractivity contribution in [1.29, 1.82) is 0 Å². The number of aryl methyl sites for hydroxylation is 1. The first-order valence-corrected chi connectivity index (χ1v) is 8.88. The van der Waals surface area contributed by atoms with Crippen LogP contribution >= 0.6 is 23.2 Å². The van der Waals surface area contributed by atoms with Crippen LogP contribution in [0.15, 0.2) is 24.3 Å². The molecule has 0 fully saturated rings. The van der Waals surface area contributed by atoms with Crippen LogP contribution in [0.1, 0.15) is 33.5 Å². The molecule has 0 saturated carbocycles. The van der Waals surface area contributed by atoms with Gasteiger partial charge >= 0.3 is 0 Å². The Kier molecular flexibility index (Phi) is 6.19. The molecular formula is C18H22Cl2N4. The third kappa shape index (κ3) is 3.70. The molecule has 3 rings (SSSR count). The van der Waals surface area contributed by atoms with E-state index in [-0.39, 0.29) is 0 Å². The van der Waals surface area contributed by atoms with Gasteiger partial charge in [0.05, 0.1) is 5.02 Å². The highest BCUT2D eigenvalue weighted by atomic mass is 35.5. The van der Waals surface area contributed by atoms with Crippen LogP contribution in [0.5, 0.6) is 0 Å². The maximum absolute atomic E-state index is 6.34. The van der Waals surface area contributed by atoms with Gasteiger partial charge in [0.2, 0.25) is 0 Å². The molecule has 0 aliphatic carbocycles. The van der Waals surface area contributed by atoms with E-state index in [0.717, 1.165) is 23.6 Å². The Morgan fingerprint density at radius 2 is 1.71 bits per heavy atom. The number of hydrogen-bond donors (Lipinski definition) is 0. The Bertz CT molecular complexity index is 840. The number of fused-ring (bicyclic) bond motifs is 1. The Morgan fingerprint density at radius 1 is 1.04 bits per heavy atom. The lowest BCUT2D eigenvalue weighted by Crippen LogP contribution is -2.07. The van der Waals surface area contributed by atoms with Gasteiger partial charge in [-0.2, -0.15) is 0 Å². The van der Waals surface area contributed by atoms with E-state index in [9.17, 15) is 0 Å². The number of aromatic nitrogens is 4. The zero-order valence-corrected chi connectivity index (χ0v) is 16.2. The zero-order chi connectivity index (χ0) is 17.9. The molecule has 0 amide bonds. The standard InChI is InChI=1S/C16H16Cl2N4.C2H6/c1-9(2)8-22-15(11-6-4-5-7-12(11)17)21-13-14(18)19-10(3)20-16(13)22;1-2/h4-7,9H,8H2,1-3H3;1-2H3. The van der Waals surface area contributed by atoms with Crippen LogP contribution in [-0.2, 0) is 6.54 Å². The van der Waals surface area contributed by atoms with Gasteiger partial charge in [0.1, 0.15) is 17.2 Å². The normalized spacial score (nSPS) is 10.8. The first-order valence-electron chi connectivity index (χ1n) is 8.12. The summed E-state index contributed by atoms with van der Waals surface area (Å²) in [5.41, 5.74) is 2.24. The minimum Gasteiger partial charge on any atom is -0.308 e. The molecule has 2 aromatic heterocycles. The van der Waals surface area contributed by atoms with Crippen LogP contribution in [-0.4, -0.2) is 19.5 Å². The summed E-state index contributed by atoms with van der Waals surface area (Å²) in [7, 11) is 0. The molecule has 128 valence electrons. The second-order valence-corrected chi connectivity index (χ2v) is 6.42. The number of nitrogens with zero attached hydrogens (tertiary/aromatic N) is 4. The van der Waals surface area contributed by atoms with Crippen molar-refractivity contribution in [2.75, 3.05) is 0 Å². The van der Waals surface area contributed by atoms with Crippen molar-refractivity contribution in [3.63, 3.8) is 0 Å². The molecule has 3 aromatic rings. The molecule has 2 heterocycles. The topological polar surface area (TPSA) is 43.6 Å². The van der Waals surface area contributed by atoms with Crippen molar-refractivity contribution in [1.82, 2.24) is 19.5 Å². The molecule has 0 radical (unpaired) electrons. The number of benzene rings is 1. The number of halogens is 2. The van der Waals surface area contributed by atoms with E-state index in [1.54, 1.807) is 0 Å². The molecule has 0 N–H and O–H groups in total. The van der Waals surface area contributed by atoms with E-state index < -0.39 is 0 Å². The van der Waals surface area contributed by atoms with E-state index in [1.807, 2.05) is 45.0 Å². The molecule has 0 aliphatic heterocycles. The van der Waals surface area contributed by atoms with Gasteiger partial charge in [-0.3, -0.25) is 0 Å². The van der Waals surface area contributed by atoms with Gasteiger partial charge in [-0.1, -0.05) is 63.0 Å². The Balaban J connectivity index is 0.00000100. The molecule has 0 atom stereocenters. The first-order chi connectivity index (χ1) is 11.5. The average molecular weight is 365 g/mol. The largest absolute Gasteiger partial charge is 0.308 e. The van der Waals surface area contributed by atoms with E-state index in [1.165, 1.54) is 0 Å². The van der Waals surface area contributed by atoms with Gasteiger partial charge in [-0.25, -0.2) is 15.0 Å². The fourth-order valence-electron chi connectivity index (χ4n) is 2.46. The Hall–Kier alpha value is -1.65. The predicted molar refractivity (Wildman–Crippen MR) is 102 cm³/mol. The fraction of sp³-hybridized carbons (Fsp3) is 0.389. The summed E-state index contributed by atoms with van der Waals surface area (Å²) in [4.78, 5) is 13.4.